The first-order valence-corrected chi connectivity index (χ1v) is 8.70. The highest BCUT2D eigenvalue weighted by molar-refractivity contribution is 7.92. The van der Waals surface area contributed by atoms with E-state index in [4.69, 9.17) is 11.6 Å². The number of nitrogens with zero attached hydrogens (tertiary/aromatic N) is 1. The van der Waals surface area contributed by atoms with Crippen molar-refractivity contribution >= 4 is 44.1 Å². The standard InChI is InChI=1S/C15H12ClN3O3S/c16-10-5-7-11(8-6-10)17-14(20)9-23(21,22)15-18-12-3-1-2-4-13(12)19-15/h1-8H,9H2,(H,17,20)(H,18,19). The van der Waals surface area contributed by atoms with Gasteiger partial charge in [0.2, 0.25) is 20.9 Å². The first-order valence-electron chi connectivity index (χ1n) is 6.67. The quantitative estimate of drug-likeness (QED) is 0.757. The number of nitrogens with one attached hydrogen (secondary N) is 2. The van der Waals surface area contributed by atoms with Crippen LogP contribution in [0.2, 0.25) is 5.02 Å². The fourth-order valence-corrected chi connectivity index (χ4v) is 3.23. The van der Waals surface area contributed by atoms with Gasteiger partial charge in [-0.25, -0.2) is 13.4 Å². The largest absolute Gasteiger partial charge is 0.329 e. The molecule has 0 saturated heterocycles. The Morgan fingerprint density at radius 3 is 2.52 bits per heavy atom. The van der Waals surface area contributed by atoms with Gasteiger partial charge in [0.1, 0.15) is 5.75 Å². The Bertz CT molecular complexity index is 932. The highest BCUT2D eigenvalue weighted by Gasteiger charge is 2.23. The molecule has 0 aliphatic rings. The van der Waals surface area contributed by atoms with Gasteiger partial charge in [-0.2, -0.15) is 0 Å². The van der Waals surface area contributed by atoms with Crippen molar-refractivity contribution in [1.29, 1.82) is 0 Å². The van der Waals surface area contributed by atoms with E-state index in [-0.39, 0.29) is 5.16 Å². The van der Waals surface area contributed by atoms with Crippen molar-refractivity contribution in [2.75, 3.05) is 11.1 Å². The average Bonchev–Trinajstić information content (AvgIpc) is 2.94. The zero-order valence-electron chi connectivity index (χ0n) is 11.8. The van der Waals surface area contributed by atoms with Crippen molar-refractivity contribution in [3.05, 3.63) is 53.6 Å². The number of sulfone groups is 1. The van der Waals surface area contributed by atoms with Crippen molar-refractivity contribution in [1.82, 2.24) is 9.97 Å². The normalized spacial score (nSPS) is 11.5. The summed E-state index contributed by atoms with van der Waals surface area (Å²) in [5, 5.41) is 2.82. The number of halogens is 1. The molecular formula is C15H12ClN3O3S. The minimum absolute atomic E-state index is 0.218. The number of fused-ring (bicyclic) bond motifs is 1. The van der Waals surface area contributed by atoms with E-state index in [1.54, 1.807) is 48.5 Å². The van der Waals surface area contributed by atoms with Crippen LogP contribution in [0.15, 0.2) is 53.7 Å². The second kappa shape index (κ2) is 6.02. The molecule has 6 nitrogen and oxygen atoms in total. The van der Waals surface area contributed by atoms with Gasteiger partial charge in [0.05, 0.1) is 11.0 Å². The van der Waals surface area contributed by atoms with Crippen molar-refractivity contribution in [3.63, 3.8) is 0 Å². The van der Waals surface area contributed by atoms with E-state index >= 15 is 0 Å². The Kier molecular flexibility index (Phi) is 4.06. The first kappa shape index (κ1) is 15.5. The lowest BCUT2D eigenvalue weighted by Crippen LogP contribution is -2.23. The summed E-state index contributed by atoms with van der Waals surface area (Å²) in [7, 11) is -3.85. The van der Waals surface area contributed by atoms with Crippen molar-refractivity contribution in [2.45, 2.75) is 5.16 Å². The van der Waals surface area contributed by atoms with Gasteiger partial charge in [0, 0.05) is 10.7 Å². The van der Waals surface area contributed by atoms with Gasteiger partial charge >= 0.3 is 0 Å². The van der Waals surface area contributed by atoms with E-state index < -0.39 is 21.5 Å². The summed E-state index contributed by atoms with van der Waals surface area (Å²) >= 11 is 5.75. The monoisotopic (exact) mass is 349 g/mol. The van der Waals surface area contributed by atoms with Gasteiger partial charge in [0.15, 0.2) is 0 Å². The zero-order valence-corrected chi connectivity index (χ0v) is 13.4. The smallest absolute Gasteiger partial charge is 0.240 e. The number of aromatic nitrogens is 2. The third-order valence-electron chi connectivity index (χ3n) is 3.11. The second-order valence-electron chi connectivity index (χ2n) is 4.87. The molecule has 0 unspecified atom stereocenters. The minimum atomic E-state index is -3.85. The van der Waals surface area contributed by atoms with Gasteiger partial charge in [-0.1, -0.05) is 23.7 Å². The number of hydrogen-bond acceptors (Lipinski definition) is 4. The summed E-state index contributed by atoms with van der Waals surface area (Å²) in [5.41, 5.74) is 1.60. The molecule has 0 spiro atoms. The summed E-state index contributed by atoms with van der Waals surface area (Å²) < 4.78 is 24.6. The minimum Gasteiger partial charge on any atom is -0.329 e. The molecule has 1 aromatic heterocycles. The van der Waals surface area contributed by atoms with Crippen LogP contribution in [-0.4, -0.2) is 30.0 Å². The third-order valence-corrected chi connectivity index (χ3v) is 4.79. The predicted octanol–water partition coefficient (Wildman–Crippen LogP) is 2.63. The predicted molar refractivity (Wildman–Crippen MR) is 88.2 cm³/mol. The Morgan fingerprint density at radius 2 is 1.83 bits per heavy atom. The first-order chi connectivity index (χ1) is 10.9. The molecule has 118 valence electrons. The lowest BCUT2D eigenvalue weighted by molar-refractivity contribution is -0.113. The number of carbonyl (C=O) groups is 1. The van der Waals surface area contributed by atoms with E-state index in [0.29, 0.717) is 21.7 Å². The molecule has 0 radical (unpaired) electrons. The summed E-state index contributed by atoms with van der Waals surface area (Å²) in [4.78, 5) is 18.7. The van der Waals surface area contributed by atoms with Gasteiger partial charge < -0.3 is 10.3 Å². The van der Waals surface area contributed by atoms with E-state index in [2.05, 4.69) is 15.3 Å². The van der Waals surface area contributed by atoms with Gasteiger partial charge in [-0.15, -0.1) is 0 Å². The Balaban J connectivity index is 1.77. The van der Waals surface area contributed by atoms with Gasteiger partial charge in [0.25, 0.3) is 0 Å². The molecule has 8 heteroatoms. The molecule has 1 heterocycles. The number of aromatic amines is 1. The molecule has 1 amide bonds. The molecule has 0 bridgehead atoms. The van der Waals surface area contributed by atoms with Gasteiger partial charge in [-0.3, -0.25) is 4.79 Å². The highest BCUT2D eigenvalue weighted by Crippen LogP contribution is 2.16. The Hall–Kier alpha value is -2.38. The third kappa shape index (κ3) is 3.52. The molecule has 0 atom stereocenters. The lowest BCUT2D eigenvalue weighted by Gasteiger charge is -2.05. The van der Waals surface area contributed by atoms with E-state index in [9.17, 15) is 13.2 Å². The number of carbonyl (C=O) groups excluding carboxylic acids is 1. The maximum Gasteiger partial charge on any atom is 0.240 e. The SMILES string of the molecule is O=C(CS(=O)(=O)c1nc2ccccc2[nH]1)Nc1ccc(Cl)cc1. The number of para-hydroxylation sites is 2. The Morgan fingerprint density at radius 1 is 1.13 bits per heavy atom. The van der Waals surface area contributed by atoms with Crippen LogP contribution in [0.3, 0.4) is 0 Å². The summed E-state index contributed by atoms with van der Waals surface area (Å²) in [5.74, 6) is -1.34. The van der Waals surface area contributed by atoms with Crippen molar-refractivity contribution < 1.29 is 13.2 Å². The molecule has 0 aliphatic heterocycles. The molecule has 0 saturated carbocycles. The van der Waals surface area contributed by atoms with Crippen LogP contribution in [0.1, 0.15) is 0 Å². The van der Waals surface area contributed by atoms with Crippen LogP contribution in [-0.2, 0) is 14.6 Å². The molecule has 0 fully saturated rings. The fourth-order valence-electron chi connectivity index (χ4n) is 2.05. The van der Waals surface area contributed by atoms with Crippen LogP contribution in [0.25, 0.3) is 11.0 Å². The number of rotatable bonds is 4. The topological polar surface area (TPSA) is 91.9 Å². The molecule has 2 N–H and O–H groups in total. The van der Waals surface area contributed by atoms with Crippen LogP contribution in [0.4, 0.5) is 5.69 Å². The van der Waals surface area contributed by atoms with E-state index in [1.165, 1.54) is 0 Å². The molecule has 3 aromatic rings. The maximum absolute atomic E-state index is 12.3. The number of benzene rings is 2. The number of amides is 1. The highest BCUT2D eigenvalue weighted by atomic mass is 35.5. The fraction of sp³-hybridized carbons (Fsp3) is 0.0667. The van der Waals surface area contributed by atoms with Crippen LogP contribution in [0.5, 0.6) is 0 Å². The summed E-state index contributed by atoms with van der Waals surface area (Å²) in [6, 6.07) is 13.3. The number of anilines is 1. The van der Waals surface area contributed by atoms with E-state index in [0.717, 1.165) is 0 Å². The molecule has 23 heavy (non-hydrogen) atoms. The summed E-state index contributed by atoms with van der Waals surface area (Å²) in [6.07, 6.45) is 0. The summed E-state index contributed by atoms with van der Waals surface area (Å²) in [6.45, 7) is 0. The number of H-pyrrole nitrogens is 1. The zero-order chi connectivity index (χ0) is 16.4. The van der Waals surface area contributed by atoms with Crippen LogP contribution in [0, 0.1) is 0 Å². The maximum atomic E-state index is 12.3. The lowest BCUT2D eigenvalue weighted by atomic mass is 10.3. The second-order valence-corrected chi connectivity index (χ2v) is 7.21. The van der Waals surface area contributed by atoms with Crippen LogP contribution >= 0.6 is 11.6 Å². The molecule has 2 aromatic carbocycles. The molecule has 3 rings (SSSR count). The van der Waals surface area contributed by atoms with Gasteiger partial charge in [-0.05, 0) is 36.4 Å². The molecular weight excluding hydrogens is 338 g/mol. The van der Waals surface area contributed by atoms with E-state index in [1.807, 2.05) is 0 Å². The average molecular weight is 350 g/mol. The molecule has 0 aliphatic carbocycles. The number of imidazole rings is 1. The number of hydrogen-bond donors (Lipinski definition) is 2. The van der Waals surface area contributed by atoms with Crippen LogP contribution < -0.4 is 5.32 Å². The Labute approximate surface area is 137 Å². The van der Waals surface area contributed by atoms with Crippen molar-refractivity contribution in [3.8, 4) is 0 Å². The van der Waals surface area contributed by atoms with Crippen molar-refractivity contribution in [2.24, 2.45) is 0 Å².